The third kappa shape index (κ3) is 5.42. The van der Waals surface area contributed by atoms with Crippen molar-refractivity contribution in [3.8, 4) is 16.9 Å². The number of fused-ring (bicyclic) bond motifs is 1. The summed E-state index contributed by atoms with van der Waals surface area (Å²) >= 11 is 1.13. The van der Waals surface area contributed by atoms with E-state index in [1.165, 1.54) is 6.92 Å². The number of methoxy groups -OCH3 is 1. The van der Waals surface area contributed by atoms with Gasteiger partial charge in [-0.25, -0.2) is 9.59 Å². The molecule has 2 fully saturated rings. The summed E-state index contributed by atoms with van der Waals surface area (Å²) in [6.07, 6.45) is 3.03. The highest BCUT2D eigenvalue weighted by atomic mass is 32.1. The van der Waals surface area contributed by atoms with Crippen molar-refractivity contribution in [3.05, 3.63) is 35.2 Å². The topological polar surface area (TPSA) is 128 Å². The number of rotatable bonds is 9. The van der Waals surface area contributed by atoms with E-state index in [2.05, 4.69) is 5.32 Å². The maximum atomic E-state index is 12.8. The number of thiophene rings is 1. The monoisotopic (exact) mass is 542 g/mol. The van der Waals surface area contributed by atoms with Crippen molar-refractivity contribution in [3.63, 3.8) is 0 Å². The second kappa shape index (κ2) is 11.8. The van der Waals surface area contributed by atoms with Gasteiger partial charge >= 0.3 is 11.9 Å². The number of benzene rings is 1. The van der Waals surface area contributed by atoms with Gasteiger partial charge in [0, 0.05) is 10.9 Å². The smallest absolute Gasteiger partial charge is 0.341 e. The first-order chi connectivity index (χ1) is 18.3. The lowest BCUT2D eigenvalue weighted by Gasteiger charge is -2.21. The van der Waals surface area contributed by atoms with Gasteiger partial charge in [0.15, 0.2) is 6.61 Å². The van der Waals surface area contributed by atoms with Gasteiger partial charge in [0.25, 0.3) is 5.91 Å². The second-order valence-corrected chi connectivity index (χ2v) is 10.1. The second-order valence-electron chi connectivity index (χ2n) is 9.18. The standard InChI is InChI=1S/C27H30N2O8S/c1-4-36-27(34)22-20(16-9-11-17(35-3)12-10-16)14-38-23(22)28-21(30)13-37-26(33)15(2)29-24(31)18-7-5-6-8-19(18)25(29)32/h9-12,14-15,18-19H,4-8,13H2,1-3H3,(H,28,30)/t15-,18-,19+/m0/s1. The maximum absolute atomic E-state index is 12.8. The van der Waals surface area contributed by atoms with Crippen LogP contribution in [-0.4, -0.2) is 60.9 Å². The minimum absolute atomic E-state index is 0.148. The Morgan fingerprint density at radius 3 is 2.26 bits per heavy atom. The van der Waals surface area contributed by atoms with E-state index >= 15 is 0 Å². The molecule has 1 saturated heterocycles. The fourth-order valence-electron chi connectivity index (χ4n) is 4.93. The van der Waals surface area contributed by atoms with Crippen molar-refractivity contribution in [2.24, 2.45) is 11.8 Å². The summed E-state index contributed by atoms with van der Waals surface area (Å²) in [4.78, 5) is 64.6. The van der Waals surface area contributed by atoms with Crippen LogP contribution in [0.1, 0.15) is 49.9 Å². The average molecular weight is 543 g/mol. The number of ether oxygens (including phenoxy) is 3. The minimum Gasteiger partial charge on any atom is -0.497 e. The lowest BCUT2D eigenvalue weighted by atomic mass is 9.81. The van der Waals surface area contributed by atoms with E-state index in [9.17, 15) is 24.0 Å². The van der Waals surface area contributed by atoms with Gasteiger partial charge in [-0.2, -0.15) is 0 Å². The summed E-state index contributed by atoms with van der Waals surface area (Å²) in [6, 6.07) is 5.95. The average Bonchev–Trinajstić information content (AvgIpc) is 3.45. The largest absolute Gasteiger partial charge is 0.497 e. The molecule has 0 bridgehead atoms. The zero-order chi connectivity index (χ0) is 27.4. The molecule has 4 rings (SSSR count). The predicted molar refractivity (Wildman–Crippen MR) is 139 cm³/mol. The van der Waals surface area contributed by atoms with Crippen LogP contribution in [0.15, 0.2) is 29.6 Å². The molecule has 1 aromatic carbocycles. The molecule has 1 aliphatic heterocycles. The van der Waals surface area contributed by atoms with Gasteiger partial charge in [0.05, 0.1) is 25.6 Å². The van der Waals surface area contributed by atoms with Gasteiger partial charge in [-0.05, 0) is 44.4 Å². The highest BCUT2D eigenvalue weighted by Gasteiger charge is 2.51. The van der Waals surface area contributed by atoms with E-state index < -0.39 is 30.5 Å². The summed E-state index contributed by atoms with van der Waals surface area (Å²) in [5.74, 6) is -2.93. The normalized spacial score (nSPS) is 19.5. The molecule has 1 aromatic heterocycles. The van der Waals surface area contributed by atoms with Gasteiger partial charge in [-0.3, -0.25) is 19.3 Å². The van der Waals surface area contributed by atoms with Crippen LogP contribution >= 0.6 is 11.3 Å². The fourth-order valence-corrected chi connectivity index (χ4v) is 5.91. The lowest BCUT2D eigenvalue weighted by molar-refractivity contribution is -0.159. The number of carbonyl (C=O) groups excluding carboxylic acids is 5. The first-order valence-corrected chi connectivity index (χ1v) is 13.4. The molecule has 38 heavy (non-hydrogen) atoms. The van der Waals surface area contributed by atoms with Crippen LogP contribution in [0.3, 0.4) is 0 Å². The number of esters is 2. The fraction of sp³-hybridized carbons (Fsp3) is 0.444. The molecule has 1 aliphatic carbocycles. The van der Waals surface area contributed by atoms with Crippen molar-refractivity contribution < 1.29 is 38.2 Å². The van der Waals surface area contributed by atoms with Crippen molar-refractivity contribution in [2.45, 2.75) is 45.6 Å². The number of hydrogen-bond acceptors (Lipinski definition) is 9. The van der Waals surface area contributed by atoms with Crippen LogP contribution in [0.5, 0.6) is 5.75 Å². The van der Waals surface area contributed by atoms with E-state index in [1.54, 1.807) is 43.7 Å². The highest BCUT2D eigenvalue weighted by Crippen LogP contribution is 2.39. The van der Waals surface area contributed by atoms with E-state index in [0.29, 0.717) is 24.2 Å². The quantitative estimate of drug-likeness (QED) is 0.376. The number of anilines is 1. The predicted octanol–water partition coefficient (Wildman–Crippen LogP) is 3.65. The Morgan fingerprint density at radius 2 is 1.68 bits per heavy atom. The van der Waals surface area contributed by atoms with Crippen LogP contribution < -0.4 is 10.1 Å². The number of carbonyl (C=O) groups is 5. The molecule has 2 aliphatic rings. The maximum Gasteiger partial charge on any atom is 0.341 e. The molecular weight excluding hydrogens is 512 g/mol. The summed E-state index contributed by atoms with van der Waals surface area (Å²) in [7, 11) is 1.55. The summed E-state index contributed by atoms with van der Waals surface area (Å²) in [6.45, 7) is 2.60. The van der Waals surface area contributed by atoms with Crippen LogP contribution in [0, 0.1) is 11.8 Å². The zero-order valence-corrected chi connectivity index (χ0v) is 22.3. The first-order valence-electron chi connectivity index (χ1n) is 12.5. The third-order valence-electron chi connectivity index (χ3n) is 6.87. The molecule has 10 nitrogen and oxygen atoms in total. The van der Waals surface area contributed by atoms with Gasteiger partial charge in [-0.15, -0.1) is 11.3 Å². The van der Waals surface area contributed by atoms with Crippen molar-refractivity contribution in [1.29, 1.82) is 0 Å². The van der Waals surface area contributed by atoms with Crippen LogP contribution in [0.2, 0.25) is 0 Å². The van der Waals surface area contributed by atoms with Gasteiger partial charge < -0.3 is 19.5 Å². The highest BCUT2D eigenvalue weighted by molar-refractivity contribution is 7.15. The Kier molecular flexibility index (Phi) is 8.45. The minimum atomic E-state index is -1.13. The Labute approximate surface area is 224 Å². The molecule has 0 unspecified atom stereocenters. The summed E-state index contributed by atoms with van der Waals surface area (Å²) in [5, 5.41) is 4.59. The van der Waals surface area contributed by atoms with E-state index in [4.69, 9.17) is 14.2 Å². The van der Waals surface area contributed by atoms with Crippen molar-refractivity contribution >= 4 is 46.0 Å². The summed E-state index contributed by atoms with van der Waals surface area (Å²) < 4.78 is 15.5. The van der Waals surface area contributed by atoms with Crippen molar-refractivity contribution in [2.75, 3.05) is 25.6 Å². The van der Waals surface area contributed by atoms with Crippen molar-refractivity contribution in [1.82, 2.24) is 4.90 Å². The molecule has 3 amide bonds. The number of amides is 3. The number of nitrogens with one attached hydrogen (secondary N) is 1. The number of nitrogens with zero attached hydrogens (tertiary/aromatic N) is 1. The number of hydrogen-bond donors (Lipinski definition) is 1. The Balaban J connectivity index is 1.42. The molecule has 0 radical (unpaired) electrons. The Hall–Kier alpha value is -3.73. The summed E-state index contributed by atoms with van der Waals surface area (Å²) in [5.41, 5.74) is 1.49. The molecule has 2 heterocycles. The Morgan fingerprint density at radius 1 is 1.05 bits per heavy atom. The van der Waals surface area contributed by atoms with E-state index in [1.807, 2.05) is 0 Å². The zero-order valence-electron chi connectivity index (χ0n) is 21.5. The molecule has 3 atom stereocenters. The van der Waals surface area contributed by atoms with Gasteiger partial charge in [0.1, 0.15) is 22.4 Å². The van der Waals surface area contributed by atoms with Gasteiger partial charge in [-0.1, -0.05) is 25.0 Å². The van der Waals surface area contributed by atoms with Crippen LogP contribution in [0.25, 0.3) is 11.1 Å². The van der Waals surface area contributed by atoms with Crippen LogP contribution in [0.4, 0.5) is 5.00 Å². The number of imide groups is 1. The first kappa shape index (κ1) is 27.3. The number of likely N-dealkylation sites (tertiary alicyclic amines) is 1. The van der Waals surface area contributed by atoms with Crippen LogP contribution in [-0.2, 0) is 28.7 Å². The van der Waals surface area contributed by atoms with E-state index in [-0.39, 0.29) is 40.8 Å². The van der Waals surface area contributed by atoms with Gasteiger partial charge in [0.2, 0.25) is 11.8 Å². The molecule has 11 heteroatoms. The Bertz CT molecular complexity index is 1210. The molecule has 1 N–H and O–H groups in total. The third-order valence-corrected chi connectivity index (χ3v) is 7.77. The lowest BCUT2D eigenvalue weighted by Crippen LogP contribution is -2.45. The molecule has 0 spiro atoms. The SMILES string of the molecule is CCOC(=O)c1c(-c2ccc(OC)cc2)csc1NC(=O)COC(=O)[C@H](C)N1C(=O)[C@H]2CCCC[C@H]2C1=O. The van der Waals surface area contributed by atoms with E-state index in [0.717, 1.165) is 34.6 Å². The molecule has 1 saturated carbocycles. The molecule has 2 aromatic rings. The molecular formula is C27H30N2O8S. The molecule has 202 valence electrons.